The van der Waals surface area contributed by atoms with Crippen LogP contribution in [0.25, 0.3) is 0 Å². The Morgan fingerprint density at radius 3 is 2.88 bits per heavy atom. The SMILES string of the molecule is COCCC(N)c1nc(N2CCCCC2)no1. The molecule has 0 aliphatic carbocycles. The van der Waals surface area contributed by atoms with Gasteiger partial charge in [0.2, 0.25) is 5.89 Å². The lowest BCUT2D eigenvalue weighted by Crippen LogP contribution is -2.30. The lowest BCUT2D eigenvalue weighted by molar-refractivity contribution is 0.182. The maximum absolute atomic E-state index is 5.93. The van der Waals surface area contributed by atoms with Crippen LogP contribution >= 0.6 is 0 Å². The van der Waals surface area contributed by atoms with E-state index >= 15 is 0 Å². The van der Waals surface area contributed by atoms with Crippen molar-refractivity contribution >= 4 is 5.95 Å². The molecule has 0 radical (unpaired) electrons. The van der Waals surface area contributed by atoms with Crippen LogP contribution in [0.2, 0.25) is 0 Å². The Morgan fingerprint density at radius 2 is 2.18 bits per heavy atom. The summed E-state index contributed by atoms with van der Waals surface area (Å²) in [7, 11) is 1.65. The monoisotopic (exact) mass is 240 g/mol. The van der Waals surface area contributed by atoms with Gasteiger partial charge in [-0.15, -0.1) is 0 Å². The van der Waals surface area contributed by atoms with E-state index in [1.54, 1.807) is 7.11 Å². The van der Waals surface area contributed by atoms with Crippen molar-refractivity contribution < 1.29 is 9.26 Å². The Balaban J connectivity index is 1.94. The lowest BCUT2D eigenvalue weighted by atomic mass is 10.1. The van der Waals surface area contributed by atoms with Crippen molar-refractivity contribution in [2.24, 2.45) is 5.73 Å². The standard InChI is InChI=1S/C11H20N4O2/c1-16-8-5-9(12)10-13-11(14-17-10)15-6-3-2-4-7-15/h9H,2-8,12H2,1H3. The van der Waals surface area contributed by atoms with E-state index in [1.165, 1.54) is 19.3 Å². The normalized spacial score (nSPS) is 18.4. The van der Waals surface area contributed by atoms with Crippen LogP contribution in [0.15, 0.2) is 4.52 Å². The molecule has 1 saturated heterocycles. The van der Waals surface area contributed by atoms with E-state index in [1.807, 2.05) is 0 Å². The topological polar surface area (TPSA) is 77.4 Å². The molecule has 1 aliphatic heterocycles. The van der Waals surface area contributed by atoms with Crippen LogP contribution in [0.3, 0.4) is 0 Å². The number of piperidine rings is 1. The predicted molar refractivity (Wildman–Crippen MR) is 63.8 cm³/mol. The summed E-state index contributed by atoms with van der Waals surface area (Å²) in [6.07, 6.45) is 4.37. The van der Waals surface area contributed by atoms with E-state index in [9.17, 15) is 0 Å². The second-order valence-corrected chi connectivity index (χ2v) is 4.37. The van der Waals surface area contributed by atoms with Crippen LogP contribution in [0.4, 0.5) is 5.95 Å². The lowest BCUT2D eigenvalue weighted by Gasteiger charge is -2.24. The number of aromatic nitrogens is 2. The maximum Gasteiger partial charge on any atom is 0.266 e. The molecule has 2 rings (SSSR count). The molecular weight excluding hydrogens is 220 g/mol. The highest BCUT2D eigenvalue weighted by atomic mass is 16.5. The number of rotatable bonds is 5. The summed E-state index contributed by atoms with van der Waals surface area (Å²) in [5.41, 5.74) is 5.93. The third-order valence-corrected chi connectivity index (χ3v) is 3.02. The predicted octanol–water partition coefficient (Wildman–Crippen LogP) is 1.10. The fourth-order valence-corrected chi connectivity index (χ4v) is 1.97. The van der Waals surface area contributed by atoms with E-state index < -0.39 is 0 Å². The summed E-state index contributed by atoms with van der Waals surface area (Å²) >= 11 is 0. The quantitative estimate of drug-likeness (QED) is 0.830. The van der Waals surface area contributed by atoms with Gasteiger partial charge in [-0.3, -0.25) is 0 Å². The minimum atomic E-state index is -0.235. The Bertz CT molecular complexity index is 336. The van der Waals surface area contributed by atoms with Crippen molar-refractivity contribution in [3.63, 3.8) is 0 Å². The number of ether oxygens (including phenoxy) is 1. The molecule has 0 saturated carbocycles. The summed E-state index contributed by atoms with van der Waals surface area (Å²) in [5, 5.41) is 3.99. The number of hydrogen-bond donors (Lipinski definition) is 1. The molecule has 96 valence electrons. The molecule has 0 amide bonds. The second-order valence-electron chi connectivity index (χ2n) is 4.37. The Labute approximate surface area is 101 Å². The molecular formula is C11H20N4O2. The first-order chi connectivity index (χ1) is 8.31. The fourth-order valence-electron chi connectivity index (χ4n) is 1.97. The molecule has 0 aromatic carbocycles. The molecule has 1 unspecified atom stereocenters. The molecule has 1 aromatic rings. The van der Waals surface area contributed by atoms with Crippen molar-refractivity contribution in [3.05, 3.63) is 5.89 Å². The largest absolute Gasteiger partial charge is 0.385 e. The third-order valence-electron chi connectivity index (χ3n) is 3.02. The summed E-state index contributed by atoms with van der Waals surface area (Å²) in [4.78, 5) is 6.51. The molecule has 1 aliphatic rings. The molecule has 1 fully saturated rings. The van der Waals surface area contributed by atoms with Gasteiger partial charge in [0, 0.05) is 26.8 Å². The zero-order chi connectivity index (χ0) is 12.1. The zero-order valence-corrected chi connectivity index (χ0v) is 10.3. The molecule has 2 N–H and O–H groups in total. The average molecular weight is 240 g/mol. The summed E-state index contributed by atoms with van der Waals surface area (Å²) in [6.45, 7) is 2.61. The molecule has 2 heterocycles. The van der Waals surface area contributed by atoms with E-state index in [4.69, 9.17) is 15.0 Å². The minimum absolute atomic E-state index is 0.235. The molecule has 6 heteroatoms. The van der Waals surface area contributed by atoms with Gasteiger partial charge in [0.1, 0.15) is 0 Å². The van der Waals surface area contributed by atoms with Crippen LogP contribution < -0.4 is 10.6 Å². The van der Waals surface area contributed by atoms with Crippen molar-refractivity contribution in [3.8, 4) is 0 Å². The number of anilines is 1. The highest BCUT2D eigenvalue weighted by Crippen LogP contribution is 2.19. The molecule has 6 nitrogen and oxygen atoms in total. The Kier molecular flexibility index (Phi) is 4.33. The molecule has 17 heavy (non-hydrogen) atoms. The van der Waals surface area contributed by atoms with Gasteiger partial charge in [0.15, 0.2) is 0 Å². The fraction of sp³-hybridized carbons (Fsp3) is 0.818. The van der Waals surface area contributed by atoms with Crippen LogP contribution in [-0.2, 0) is 4.74 Å². The van der Waals surface area contributed by atoms with Gasteiger partial charge in [-0.25, -0.2) is 0 Å². The Morgan fingerprint density at radius 1 is 1.41 bits per heavy atom. The number of nitrogens with two attached hydrogens (primary N) is 1. The van der Waals surface area contributed by atoms with Crippen LogP contribution in [0.5, 0.6) is 0 Å². The van der Waals surface area contributed by atoms with Gasteiger partial charge < -0.3 is 19.9 Å². The van der Waals surface area contributed by atoms with E-state index in [0.717, 1.165) is 13.1 Å². The smallest absolute Gasteiger partial charge is 0.266 e. The first kappa shape index (κ1) is 12.3. The highest BCUT2D eigenvalue weighted by Gasteiger charge is 2.19. The number of hydrogen-bond acceptors (Lipinski definition) is 6. The van der Waals surface area contributed by atoms with Crippen LogP contribution in [-0.4, -0.2) is 36.9 Å². The second kappa shape index (κ2) is 5.97. The van der Waals surface area contributed by atoms with Crippen molar-refractivity contribution in [1.82, 2.24) is 10.1 Å². The molecule has 1 atom stereocenters. The van der Waals surface area contributed by atoms with Crippen molar-refractivity contribution in [2.75, 3.05) is 31.7 Å². The van der Waals surface area contributed by atoms with Gasteiger partial charge in [-0.1, -0.05) is 0 Å². The maximum atomic E-state index is 5.93. The van der Waals surface area contributed by atoms with E-state index in [2.05, 4.69) is 15.0 Å². The summed E-state index contributed by atoms with van der Waals surface area (Å²) < 4.78 is 10.2. The minimum Gasteiger partial charge on any atom is -0.385 e. The van der Waals surface area contributed by atoms with E-state index in [-0.39, 0.29) is 6.04 Å². The first-order valence-electron chi connectivity index (χ1n) is 6.14. The van der Waals surface area contributed by atoms with Gasteiger partial charge in [-0.2, -0.15) is 4.98 Å². The van der Waals surface area contributed by atoms with Crippen molar-refractivity contribution in [2.45, 2.75) is 31.7 Å². The van der Waals surface area contributed by atoms with E-state index in [0.29, 0.717) is 24.9 Å². The molecule has 0 bridgehead atoms. The number of methoxy groups -OCH3 is 1. The molecule has 0 spiro atoms. The average Bonchev–Trinajstić information content (AvgIpc) is 2.86. The van der Waals surface area contributed by atoms with Crippen molar-refractivity contribution in [1.29, 1.82) is 0 Å². The molecule has 1 aromatic heterocycles. The van der Waals surface area contributed by atoms with Gasteiger partial charge in [0.25, 0.3) is 5.95 Å². The third kappa shape index (κ3) is 3.17. The zero-order valence-electron chi connectivity index (χ0n) is 10.3. The highest BCUT2D eigenvalue weighted by molar-refractivity contribution is 5.28. The van der Waals surface area contributed by atoms with Gasteiger partial charge in [0.05, 0.1) is 6.04 Å². The van der Waals surface area contributed by atoms with Crippen LogP contribution in [0.1, 0.15) is 37.6 Å². The van der Waals surface area contributed by atoms with Gasteiger partial charge >= 0.3 is 0 Å². The van der Waals surface area contributed by atoms with Crippen LogP contribution in [0, 0.1) is 0 Å². The number of nitrogens with zero attached hydrogens (tertiary/aromatic N) is 3. The first-order valence-corrected chi connectivity index (χ1v) is 6.14. The Hall–Kier alpha value is -1.14. The summed E-state index contributed by atoms with van der Waals surface area (Å²) in [5.74, 6) is 1.18. The summed E-state index contributed by atoms with van der Waals surface area (Å²) in [6, 6.07) is -0.235. The van der Waals surface area contributed by atoms with Gasteiger partial charge in [-0.05, 0) is 30.8 Å².